The molecule has 19 heavy (non-hydrogen) atoms. The van der Waals surface area contributed by atoms with E-state index in [2.05, 4.69) is 30.7 Å². The van der Waals surface area contributed by atoms with Crippen LogP contribution in [0.2, 0.25) is 0 Å². The molecule has 0 aliphatic carbocycles. The van der Waals surface area contributed by atoms with Crippen LogP contribution in [0.25, 0.3) is 0 Å². The molecule has 1 fully saturated rings. The van der Waals surface area contributed by atoms with E-state index in [1.54, 1.807) is 0 Å². The van der Waals surface area contributed by atoms with E-state index < -0.39 is 0 Å². The minimum absolute atomic E-state index is 0.188. The van der Waals surface area contributed by atoms with E-state index in [9.17, 15) is 4.39 Å². The number of likely N-dealkylation sites (N-methyl/N-ethyl adjacent to an activating group) is 1. The largest absolute Gasteiger partial charge is 0.369 e. The molecule has 0 amide bonds. The van der Waals surface area contributed by atoms with Crippen molar-refractivity contribution in [2.45, 2.75) is 19.9 Å². The molecule has 0 saturated carbocycles. The first-order valence-corrected chi connectivity index (χ1v) is 6.82. The van der Waals surface area contributed by atoms with Gasteiger partial charge in [0.15, 0.2) is 0 Å². The monoisotopic (exact) mass is 265 g/mol. The maximum absolute atomic E-state index is 13.0. The van der Waals surface area contributed by atoms with Gasteiger partial charge in [-0.1, -0.05) is 13.8 Å². The topological polar surface area (TPSA) is 32.5 Å². The Hall–Kier alpha value is -1.13. The molecular formula is C15H24FN3. The first kappa shape index (κ1) is 14.3. The van der Waals surface area contributed by atoms with Gasteiger partial charge in [0.1, 0.15) is 5.82 Å². The van der Waals surface area contributed by atoms with Crippen molar-refractivity contribution in [3.63, 3.8) is 0 Å². The SMILES string of the molecule is CN1CC(C)(C)CN(c2ccc(F)cc2)CC1CN. The molecule has 1 aromatic carbocycles. The van der Waals surface area contributed by atoms with Crippen LogP contribution in [0.5, 0.6) is 0 Å². The average Bonchev–Trinajstić information content (AvgIpc) is 2.45. The van der Waals surface area contributed by atoms with Crippen molar-refractivity contribution in [3.8, 4) is 0 Å². The Balaban J connectivity index is 2.25. The predicted molar refractivity (Wildman–Crippen MR) is 77.9 cm³/mol. The summed E-state index contributed by atoms with van der Waals surface area (Å²) in [4.78, 5) is 4.66. The van der Waals surface area contributed by atoms with Crippen LogP contribution in [-0.2, 0) is 0 Å². The van der Waals surface area contributed by atoms with Gasteiger partial charge in [-0.05, 0) is 36.7 Å². The zero-order valence-corrected chi connectivity index (χ0v) is 12.1. The summed E-state index contributed by atoms with van der Waals surface area (Å²) in [5.74, 6) is -0.190. The Morgan fingerprint density at radius 1 is 1.26 bits per heavy atom. The minimum atomic E-state index is -0.190. The quantitative estimate of drug-likeness (QED) is 0.887. The zero-order chi connectivity index (χ0) is 14.0. The van der Waals surface area contributed by atoms with Gasteiger partial charge in [-0.25, -0.2) is 4.39 Å². The molecule has 1 aliphatic heterocycles. The van der Waals surface area contributed by atoms with E-state index >= 15 is 0 Å². The molecule has 2 N–H and O–H groups in total. The standard InChI is InChI=1S/C15H24FN3/c1-15(2)10-18(3)14(8-17)9-19(11-15)13-6-4-12(16)5-7-13/h4-7,14H,8-11,17H2,1-3H3. The van der Waals surface area contributed by atoms with Gasteiger partial charge in [0.2, 0.25) is 0 Å². The number of nitrogens with zero attached hydrogens (tertiary/aromatic N) is 2. The van der Waals surface area contributed by atoms with E-state index in [1.807, 2.05) is 12.1 Å². The Bertz CT molecular complexity index is 416. The molecule has 1 aromatic rings. The fourth-order valence-corrected chi connectivity index (χ4v) is 2.93. The first-order valence-electron chi connectivity index (χ1n) is 6.82. The van der Waals surface area contributed by atoms with E-state index in [4.69, 9.17) is 5.73 Å². The molecule has 0 radical (unpaired) electrons. The number of anilines is 1. The second kappa shape index (κ2) is 5.47. The lowest BCUT2D eigenvalue weighted by molar-refractivity contribution is 0.197. The molecule has 2 rings (SSSR count). The van der Waals surface area contributed by atoms with E-state index in [0.29, 0.717) is 12.6 Å². The van der Waals surface area contributed by atoms with Gasteiger partial charge in [-0.2, -0.15) is 0 Å². The summed E-state index contributed by atoms with van der Waals surface area (Å²) < 4.78 is 13.0. The molecule has 4 heteroatoms. The van der Waals surface area contributed by atoms with Gasteiger partial charge in [0.05, 0.1) is 0 Å². The lowest BCUT2D eigenvalue weighted by Crippen LogP contribution is -2.44. The number of halogens is 1. The van der Waals surface area contributed by atoms with Crippen LogP contribution < -0.4 is 10.6 Å². The van der Waals surface area contributed by atoms with Crippen molar-refractivity contribution >= 4 is 5.69 Å². The maximum atomic E-state index is 13.0. The van der Waals surface area contributed by atoms with Gasteiger partial charge >= 0.3 is 0 Å². The molecule has 1 aliphatic rings. The summed E-state index contributed by atoms with van der Waals surface area (Å²) in [7, 11) is 2.13. The van der Waals surface area contributed by atoms with Crippen molar-refractivity contribution in [1.82, 2.24) is 4.90 Å². The highest BCUT2D eigenvalue weighted by Crippen LogP contribution is 2.27. The molecule has 0 spiro atoms. The zero-order valence-electron chi connectivity index (χ0n) is 12.1. The van der Waals surface area contributed by atoms with Crippen molar-refractivity contribution in [2.75, 3.05) is 38.1 Å². The predicted octanol–water partition coefficient (Wildman–Crippen LogP) is 1.93. The van der Waals surface area contributed by atoms with Crippen LogP contribution in [-0.4, -0.2) is 44.2 Å². The minimum Gasteiger partial charge on any atom is -0.369 e. The average molecular weight is 265 g/mol. The van der Waals surface area contributed by atoms with Crippen molar-refractivity contribution in [3.05, 3.63) is 30.1 Å². The maximum Gasteiger partial charge on any atom is 0.123 e. The van der Waals surface area contributed by atoms with Crippen LogP contribution in [0.15, 0.2) is 24.3 Å². The van der Waals surface area contributed by atoms with E-state index in [1.165, 1.54) is 12.1 Å². The smallest absolute Gasteiger partial charge is 0.123 e. The van der Waals surface area contributed by atoms with E-state index in [0.717, 1.165) is 25.3 Å². The highest BCUT2D eigenvalue weighted by atomic mass is 19.1. The molecule has 0 aromatic heterocycles. The van der Waals surface area contributed by atoms with Crippen LogP contribution >= 0.6 is 0 Å². The molecular weight excluding hydrogens is 241 g/mol. The lowest BCUT2D eigenvalue weighted by Gasteiger charge is -2.31. The third kappa shape index (κ3) is 3.45. The Morgan fingerprint density at radius 2 is 1.89 bits per heavy atom. The molecule has 1 saturated heterocycles. The summed E-state index contributed by atoms with van der Waals surface area (Å²) in [5.41, 5.74) is 7.15. The first-order chi connectivity index (χ1) is 8.91. The van der Waals surface area contributed by atoms with E-state index in [-0.39, 0.29) is 11.2 Å². The van der Waals surface area contributed by atoms with Crippen LogP contribution in [0.1, 0.15) is 13.8 Å². The van der Waals surface area contributed by atoms with Crippen molar-refractivity contribution < 1.29 is 4.39 Å². The fourth-order valence-electron chi connectivity index (χ4n) is 2.93. The van der Waals surface area contributed by atoms with Gasteiger partial charge < -0.3 is 10.6 Å². The summed E-state index contributed by atoms with van der Waals surface area (Å²) in [6.07, 6.45) is 0. The highest BCUT2D eigenvalue weighted by Gasteiger charge is 2.31. The normalized spacial score (nSPS) is 24.3. The summed E-state index contributed by atoms with van der Waals surface area (Å²) >= 11 is 0. The number of hydrogen-bond acceptors (Lipinski definition) is 3. The number of rotatable bonds is 2. The molecule has 1 atom stereocenters. The third-order valence-electron chi connectivity index (χ3n) is 3.81. The van der Waals surface area contributed by atoms with Crippen molar-refractivity contribution in [1.29, 1.82) is 0 Å². The Kier molecular flexibility index (Phi) is 4.11. The number of benzene rings is 1. The second-order valence-corrected chi connectivity index (χ2v) is 6.33. The van der Waals surface area contributed by atoms with Gasteiger partial charge in [0.25, 0.3) is 0 Å². The van der Waals surface area contributed by atoms with Crippen LogP contribution in [0.4, 0.5) is 10.1 Å². The van der Waals surface area contributed by atoms with Gasteiger partial charge in [-0.3, -0.25) is 4.90 Å². The highest BCUT2D eigenvalue weighted by molar-refractivity contribution is 5.47. The summed E-state index contributed by atoms with van der Waals surface area (Å²) in [6, 6.07) is 7.09. The summed E-state index contributed by atoms with van der Waals surface area (Å²) in [6.45, 7) is 8.04. The molecule has 3 nitrogen and oxygen atoms in total. The van der Waals surface area contributed by atoms with Gasteiger partial charge in [0, 0.05) is 37.9 Å². The third-order valence-corrected chi connectivity index (χ3v) is 3.81. The van der Waals surface area contributed by atoms with Gasteiger partial charge in [-0.15, -0.1) is 0 Å². The molecule has 1 unspecified atom stereocenters. The Morgan fingerprint density at radius 3 is 2.47 bits per heavy atom. The Labute approximate surface area is 115 Å². The summed E-state index contributed by atoms with van der Waals surface area (Å²) in [5, 5.41) is 0. The fraction of sp³-hybridized carbons (Fsp3) is 0.600. The number of nitrogens with two attached hydrogens (primary N) is 1. The second-order valence-electron chi connectivity index (χ2n) is 6.33. The number of hydrogen-bond donors (Lipinski definition) is 1. The van der Waals surface area contributed by atoms with Crippen molar-refractivity contribution in [2.24, 2.45) is 11.1 Å². The lowest BCUT2D eigenvalue weighted by atomic mass is 9.92. The molecule has 106 valence electrons. The van der Waals surface area contributed by atoms with Crippen LogP contribution in [0, 0.1) is 11.2 Å². The van der Waals surface area contributed by atoms with Crippen LogP contribution in [0.3, 0.4) is 0 Å². The molecule has 1 heterocycles. The molecule has 0 bridgehead atoms.